The van der Waals surface area contributed by atoms with Crippen LogP contribution in [0.25, 0.3) is 17.1 Å². The Morgan fingerprint density at radius 1 is 0.943 bits per heavy atom. The highest BCUT2D eigenvalue weighted by atomic mass is 19.1. The Labute approximate surface area is 198 Å². The Balaban J connectivity index is 1.59. The predicted octanol–water partition coefficient (Wildman–Crippen LogP) is 5.02. The highest BCUT2D eigenvalue weighted by molar-refractivity contribution is 6.00. The zero-order valence-corrected chi connectivity index (χ0v) is 18.5. The molecule has 2 amide bonds. The summed E-state index contributed by atoms with van der Waals surface area (Å²) in [6.45, 7) is 0.564. The second-order valence-corrected chi connectivity index (χ2v) is 7.23. The molecule has 0 atom stereocenters. The van der Waals surface area contributed by atoms with Gasteiger partial charge in [-0.2, -0.15) is 4.98 Å². The summed E-state index contributed by atoms with van der Waals surface area (Å²) in [5, 5.41) is 9.29. The quantitative estimate of drug-likeness (QED) is 0.344. The van der Waals surface area contributed by atoms with Crippen LogP contribution in [0.3, 0.4) is 0 Å². The third kappa shape index (κ3) is 5.95. The lowest BCUT2D eigenvalue weighted by Gasteiger charge is -2.11. The minimum Gasteiger partial charge on any atom is -0.460 e. The SMILES string of the molecule is COCCOc1nc(-c2ccc(F)cc2)n(-c2cccc(NC(=O)Nc3ccc(F)cc3F)c2)n1. The van der Waals surface area contributed by atoms with Crippen molar-refractivity contribution in [2.24, 2.45) is 0 Å². The number of nitrogens with zero attached hydrogens (tertiary/aromatic N) is 3. The van der Waals surface area contributed by atoms with Gasteiger partial charge in [0.2, 0.25) is 0 Å². The molecule has 0 fully saturated rings. The molecule has 0 aliphatic heterocycles. The average Bonchev–Trinajstić information content (AvgIpc) is 3.26. The van der Waals surface area contributed by atoms with E-state index in [-0.39, 0.29) is 18.3 Å². The number of hydrogen-bond acceptors (Lipinski definition) is 5. The molecule has 1 heterocycles. The van der Waals surface area contributed by atoms with E-state index < -0.39 is 23.5 Å². The van der Waals surface area contributed by atoms with Crippen LogP contribution in [0.15, 0.2) is 66.7 Å². The second kappa shape index (κ2) is 10.7. The number of halogens is 3. The summed E-state index contributed by atoms with van der Waals surface area (Å²) in [4.78, 5) is 16.8. The van der Waals surface area contributed by atoms with Gasteiger partial charge in [-0.15, -0.1) is 5.10 Å². The van der Waals surface area contributed by atoms with E-state index in [1.165, 1.54) is 16.8 Å². The summed E-state index contributed by atoms with van der Waals surface area (Å²) >= 11 is 0. The van der Waals surface area contributed by atoms with Crippen molar-refractivity contribution in [1.82, 2.24) is 14.8 Å². The molecule has 1 aromatic heterocycles. The van der Waals surface area contributed by atoms with Gasteiger partial charge in [-0.25, -0.2) is 22.6 Å². The summed E-state index contributed by atoms with van der Waals surface area (Å²) in [5.74, 6) is -1.67. The number of urea groups is 1. The number of benzene rings is 3. The molecular weight excluding hydrogens is 463 g/mol. The fourth-order valence-electron chi connectivity index (χ4n) is 3.13. The molecule has 11 heteroatoms. The maximum absolute atomic E-state index is 13.8. The van der Waals surface area contributed by atoms with Gasteiger partial charge in [-0.05, 0) is 54.6 Å². The molecule has 3 aromatic carbocycles. The van der Waals surface area contributed by atoms with Gasteiger partial charge in [-0.1, -0.05) is 6.07 Å². The Morgan fingerprint density at radius 2 is 1.71 bits per heavy atom. The normalized spacial score (nSPS) is 10.7. The first-order valence-electron chi connectivity index (χ1n) is 10.4. The smallest absolute Gasteiger partial charge is 0.336 e. The number of rotatable bonds is 8. The zero-order chi connectivity index (χ0) is 24.8. The lowest BCUT2D eigenvalue weighted by atomic mass is 10.2. The minimum atomic E-state index is -0.901. The van der Waals surface area contributed by atoms with Crippen LogP contribution in [0.5, 0.6) is 6.01 Å². The lowest BCUT2D eigenvalue weighted by Crippen LogP contribution is -2.20. The van der Waals surface area contributed by atoms with Crippen molar-refractivity contribution in [2.45, 2.75) is 0 Å². The molecule has 0 spiro atoms. The van der Waals surface area contributed by atoms with Crippen LogP contribution >= 0.6 is 0 Å². The summed E-state index contributed by atoms with van der Waals surface area (Å²) < 4.78 is 52.4. The highest BCUT2D eigenvalue weighted by Crippen LogP contribution is 2.25. The second-order valence-electron chi connectivity index (χ2n) is 7.23. The standard InChI is InChI=1S/C24H20F3N5O3/c1-34-11-12-35-24-30-22(15-5-7-16(25)8-6-15)32(31-24)19-4-2-3-18(14-19)28-23(33)29-21-10-9-17(26)13-20(21)27/h2-10,13-14H,11-12H2,1H3,(H2,28,29,33). The predicted molar refractivity (Wildman–Crippen MR) is 123 cm³/mol. The van der Waals surface area contributed by atoms with E-state index in [9.17, 15) is 18.0 Å². The molecule has 0 aliphatic rings. The van der Waals surface area contributed by atoms with Crippen molar-refractivity contribution >= 4 is 17.4 Å². The summed E-state index contributed by atoms with van der Waals surface area (Å²) in [7, 11) is 1.54. The summed E-state index contributed by atoms with van der Waals surface area (Å²) in [6.07, 6.45) is 0. The van der Waals surface area contributed by atoms with E-state index >= 15 is 0 Å². The van der Waals surface area contributed by atoms with E-state index in [2.05, 4.69) is 20.7 Å². The number of carbonyl (C=O) groups excluding carboxylic acids is 1. The number of amides is 2. The van der Waals surface area contributed by atoms with E-state index in [0.29, 0.717) is 35.4 Å². The number of aromatic nitrogens is 3. The number of hydrogen-bond donors (Lipinski definition) is 2. The summed E-state index contributed by atoms with van der Waals surface area (Å²) in [6, 6.07) is 14.5. The molecule has 0 aliphatic carbocycles. The Morgan fingerprint density at radius 3 is 2.46 bits per heavy atom. The van der Waals surface area contributed by atoms with Crippen LogP contribution in [0, 0.1) is 17.5 Å². The molecule has 8 nitrogen and oxygen atoms in total. The van der Waals surface area contributed by atoms with Crippen LogP contribution in [0.4, 0.5) is 29.3 Å². The fraction of sp³-hybridized carbons (Fsp3) is 0.125. The van der Waals surface area contributed by atoms with Gasteiger partial charge < -0.3 is 20.1 Å². The maximum atomic E-state index is 13.8. The van der Waals surface area contributed by atoms with Gasteiger partial charge in [0, 0.05) is 24.4 Å². The van der Waals surface area contributed by atoms with Crippen LogP contribution in [-0.2, 0) is 4.74 Å². The molecule has 35 heavy (non-hydrogen) atoms. The first kappa shape index (κ1) is 23.8. The van der Waals surface area contributed by atoms with Crippen molar-refractivity contribution in [3.05, 3.63) is 84.2 Å². The topological polar surface area (TPSA) is 90.3 Å². The van der Waals surface area contributed by atoms with Crippen molar-refractivity contribution < 1.29 is 27.4 Å². The lowest BCUT2D eigenvalue weighted by molar-refractivity contribution is 0.141. The van der Waals surface area contributed by atoms with E-state index in [1.54, 1.807) is 43.5 Å². The fourth-order valence-corrected chi connectivity index (χ4v) is 3.13. The van der Waals surface area contributed by atoms with Crippen LogP contribution in [-0.4, -0.2) is 41.1 Å². The largest absolute Gasteiger partial charge is 0.460 e. The van der Waals surface area contributed by atoms with Gasteiger partial charge in [0.15, 0.2) is 5.82 Å². The average molecular weight is 483 g/mol. The molecule has 2 N–H and O–H groups in total. The highest BCUT2D eigenvalue weighted by Gasteiger charge is 2.16. The number of nitrogens with one attached hydrogen (secondary N) is 2. The van der Waals surface area contributed by atoms with Gasteiger partial charge in [0.05, 0.1) is 18.0 Å². The monoisotopic (exact) mass is 483 g/mol. The molecule has 0 saturated carbocycles. The van der Waals surface area contributed by atoms with Crippen molar-refractivity contribution in [2.75, 3.05) is 31.0 Å². The molecule has 0 radical (unpaired) electrons. The third-order valence-electron chi connectivity index (χ3n) is 4.74. The molecule has 0 unspecified atom stereocenters. The van der Waals surface area contributed by atoms with E-state index in [0.717, 1.165) is 12.1 Å². The molecule has 180 valence electrons. The number of carbonyl (C=O) groups is 1. The Bertz CT molecular complexity index is 1330. The van der Waals surface area contributed by atoms with Crippen LogP contribution in [0.2, 0.25) is 0 Å². The van der Waals surface area contributed by atoms with E-state index in [1.807, 2.05) is 0 Å². The van der Waals surface area contributed by atoms with Gasteiger partial charge in [0.25, 0.3) is 0 Å². The minimum absolute atomic E-state index is 0.0873. The molecule has 0 bridgehead atoms. The zero-order valence-electron chi connectivity index (χ0n) is 18.5. The van der Waals surface area contributed by atoms with Crippen molar-refractivity contribution in [3.8, 4) is 23.1 Å². The van der Waals surface area contributed by atoms with Crippen molar-refractivity contribution in [1.29, 1.82) is 0 Å². The Kier molecular flexibility index (Phi) is 7.27. The first-order valence-corrected chi connectivity index (χ1v) is 10.4. The first-order chi connectivity index (χ1) is 16.9. The van der Waals surface area contributed by atoms with Crippen molar-refractivity contribution in [3.63, 3.8) is 0 Å². The van der Waals surface area contributed by atoms with Gasteiger partial charge in [0.1, 0.15) is 24.1 Å². The number of ether oxygens (including phenoxy) is 2. The van der Waals surface area contributed by atoms with Crippen LogP contribution < -0.4 is 15.4 Å². The summed E-state index contributed by atoms with van der Waals surface area (Å²) in [5.41, 5.74) is 1.30. The number of anilines is 2. The third-order valence-corrected chi connectivity index (χ3v) is 4.74. The molecule has 0 saturated heterocycles. The Hall–Kier alpha value is -4.38. The van der Waals surface area contributed by atoms with Gasteiger partial charge >= 0.3 is 12.0 Å². The van der Waals surface area contributed by atoms with Crippen LogP contribution in [0.1, 0.15) is 0 Å². The van der Waals surface area contributed by atoms with Gasteiger partial charge in [-0.3, -0.25) is 0 Å². The molecule has 4 rings (SSSR count). The van der Waals surface area contributed by atoms with E-state index in [4.69, 9.17) is 9.47 Å². The molecular formula is C24H20F3N5O3. The molecule has 4 aromatic rings. The maximum Gasteiger partial charge on any atom is 0.336 e. The number of methoxy groups -OCH3 is 1.